The lowest BCUT2D eigenvalue weighted by atomic mass is 10.1. The van der Waals surface area contributed by atoms with Gasteiger partial charge in [-0.15, -0.1) is 0 Å². The number of carbonyl (C=O) groups is 2. The third-order valence-corrected chi connectivity index (χ3v) is 12.2. The van der Waals surface area contributed by atoms with Crippen LogP contribution < -0.4 is 28.2 Å². The largest absolute Gasteiger partial charge is 0.459 e. The summed E-state index contributed by atoms with van der Waals surface area (Å²) in [7, 11) is 0. The van der Waals surface area contributed by atoms with Gasteiger partial charge in [-0.1, -0.05) is 18.2 Å². The molecule has 6 aromatic heterocycles. The number of aromatic nitrogens is 11. The smallest absolute Gasteiger partial charge is 0.338 e. The lowest BCUT2D eigenvalue weighted by Gasteiger charge is -2.22. The molecule has 9 heterocycles. The van der Waals surface area contributed by atoms with Crippen LogP contribution in [0, 0.1) is 13.8 Å². The van der Waals surface area contributed by atoms with Crippen LogP contribution in [0.3, 0.4) is 0 Å². The predicted molar refractivity (Wildman–Crippen MR) is 239 cm³/mol. The Morgan fingerprint density at radius 3 is 1.92 bits per heavy atom. The third-order valence-electron chi connectivity index (χ3n) is 12.2. The molecule has 30 nitrogen and oxygen atoms in total. The lowest BCUT2D eigenvalue weighted by Crippen LogP contribution is -2.38. The number of nitrogens with one attached hydrogen (secondary N) is 2. The van der Waals surface area contributed by atoms with Gasteiger partial charge in [-0.2, -0.15) is 20.2 Å². The maximum absolute atomic E-state index is 13.0. The van der Waals surface area contributed by atoms with Crippen molar-refractivity contribution in [3.05, 3.63) is 71.7 Å². The molecule has 14 N–H and O–H groups in total. The van der Waals surface area contributed by atoms with Gasteiger partial charge in [0.25, 0.3) is 5.91 Å². The van der Waals surface area contributed by atoms with Crippen LogP contribution >= 0.6 is 0 Å². The second-order valence-corrected chi connectivity index (χ2v) is 16.7. The number of aliphatic hydroxyl groups excluding tert-OH is 6. The Hall–Kier alpha value is -7.36. The SMILES string of the molecule is Cc1nc(NO[C@@H]2[C@H](O)C(CO)O[C@H]2n2ncc3c(N)nc(C)nc32)c2cnn([C@@H]3O[C@H](COC(=O)c4ccccc4)[C@@H](O)[C@H]3ONc3nc(N)nc4c3c(C(N)=O)cn4[C@@H]3OC(CO)[C@@H](O)[C@H]3O)c2n1. The highest BCUT2D eigenvalue weighted by molar-refractivity contribution is 6.09. The quantitative estimate of drug-likeness (QED) is 0.0370. The van der Waals surface area contributed by atoms with E-state index >= 15 is 0 Å². The molecule has 10 rings (SSSR count). The Balaban J connectivity index is 0.969. The molecule has 1 amide bonds. The molecule has 0 radical (unpaired) electrons. The number of aliphatic hydroxyl groups is 6. The van der Waals surface area contributed by atoms with Gasteiger partial charge < -0.3 is 71.4 Å². The molecule has 71 heavy (non-hydrogen) atoms. The average molecular weight is 987 g/mol. The molecule has 0 saturated carbocycles. The number of anilines is 4. The Morgan fingerprint density at radius 2 is 1.27 bits per heavy atom. The summed E-state index contributed by atoms with van der Waals surface area (Å²) in [6, 6.07) is 8.12. The zero-order valence-electron chi connectivity index (χ0n) is 37.3. The number of aryl methyl sites for hydroxylation is 2. The highest BCUT2D eigenvalue weighted by Gasteiger charge is 2.50. The van der Waals surface area contributed by atoms with Crippen LogP contribution in [0.2, 0.25) is 0 Å². The number of rotatable bonds is 15. The summed E-state index contributed by atoms with van der Waals surface area (Å²) in [6.45, 7) is 1.53. The van der Waals surface area contributed by atoms with Crippen molar-refractivity contribution in [1.82, 2.24) is 54.0 Å². The maximum Gasteiger partial charge on any atom is 0.338 e. The second kappa shape index (κ2) is 18.8. The number of amides is 1. The Bertz CT molecular complexity index is 3140. The summed E-state index contributed by atoms with van der Waals surface area (Å²) in [5.74, 6) is -1.57. The first-order valence-electron chi connectivity index (χ1n) is 21.8. The molecular formula is C41H46N16O14. The minimum absolute atomic E-state index is 0.0453. The minimum atomic E-state index is -1.60. The van der Waals surface area contributed by atoms with Crippen LogP contribution in [0.5, 0.6) is 0 Å². The third kappa shape index (κ3) is 8.40. The number of esters is 1. The van der Waals surface area contributed by atoms with E-state index in [9.17, 15) is 40.2 Å². The zero-order chi connectivity index (χ0) is 50.0. The van der Waals surface area contributed by atoms with Gasteiger partial charge in [-0.3, -0.25) is 14.5 Å². The molecule has 0 spiro atoms. The molecule has 2 unspecified atom stereocenters. The topological polar surface area (TPSA) is 431 Å². The molecular weight excluding hydrogens is 941 g/mol. The first-order valence-corrected chi connectivity index (χ1v) is 21.8. The normalized spacial score (nSPS) is 27.5. The van der Waals surface area contributed by atoms with E-state index in [1.807, 2.05) is 0 Å². The van der Waals surface area contributed by atoms with Crippen molar-refractivity contribution in [3.8, 4) is 0 Å². The van der Waals surface area contributed by atoms with E-state index in [1.54, 1.807) is 44.2 Å². The van der Waals surface area contributed by atoms with Gasteiger partial charge in [0.05, 0.1) is 52.9 Å². The second-order valence-electron chi connectivity index (χ2n) is 16.7. The van der Waals surface area contributed by atoms with E-state index in [4.69, 9.17) is 45.8 Å². The zero-order valence-corrected chi connectivity index (χ0v) is 37.3. The fourth-order valence-electron chi connectivity index (χ4n) is 8.71. The van der Waals surface area contributed by atoms with Crippen LogP contribution in [-0.2, 0) is 28.6 Å². The highest BCUT2D eigenvalue weighted by atomic mass is 16.7. The van der Waals surface area contributed by atoms with Crippen LogP contribution in [0.15, 0.2) is 48.9 Å². The fraction of sp³-hybridized carbons (Fsp3) is 0.415. The van der Waals surface area contributed by atoms with E-state index < -0.39 is 105 Å². The number of hydrogen-bond acceptors (Lipinski definition) is 26. The first kappa shape index (κ1) is 47.3. The first-order chi connectivity index (χ1) is 34.1. The fourth-order valence-corrected chi connectivity index (χ4v) is 8.71. The number of hydrogen-bond donors (Lipinski definition) is 11. The van der Waals surface area contributed by atoms with Crippen molar-refractivity contribution < 1.29 is 68.9 Å². The number of nitrogen functional groups attached to an aromatic ring is 2. The summed E-state index contributed by atoms with van der Waals surface area (Å²) in [5.41, 5.74) is 23.8. The lowest BCUT2D eigenvalue weighted by molar-refractivity contribution is -0.0675. The van der Waals surface area contributed by atoms with Crippen molar-refractivity contribution in [2.24, 2.45) is 5.73 Å². The Morgan fingerprint density at radius 1 is 0.690 bits per heavy atom. The van der Waals surface area contributed by atoms with Gasteiger partial charge in [-0.05, 0) is 26.0 Å². The average Bonchev–Trinajstić information content (AvgIpc) is 4.21. The molecule has 7 aromatic rings. The number of benzene rings is 1. The number of fused-ring (bicyclic) bond motifs is 3. The molecule has 12 atom stereocenters. The van der Waals surface area contributed by atoms with Crippen LogP contribution in [0.25, 0.3) is 33.1 Å². The standard InChI is InChI=1S/C41H46N16O14/c1-14-47-30(42)17-8-45-56(34(17)49-14)38-28(25(61)21(12-59)68-38)70-53-32-18-9-46-57(35(18)50-15(2)48-32)39-29(26(62)22(69-39)13-66-40(65)16-6-4-3-5-7-16)71-54-33-23-19(31(43)64)10-55(36(23)52-41(44)51-33)37-27(63)24(60)20(11-58)67-37/h3-10,20-22,24-29,37-39,58-63H,11-13H2,1-2H3,(H2,43,64)(H2,42,47,49)(H,48,50,53)(H3,44,51,52,54)/t20?,21?,22-,24-,25-,26-,27-,28-,29-,37-,38-,39-/m1/s1. The van der Waals surface area contributed by atoms with Gasteiger partial charge in [-0.25, -0.2) is 45.1 Å². The molecule has 3 fully saturated rings. The number of nitrogens with zero attached hydrogens (tertiary/aromatic N) is 11. The van der Waals surface area contributed by atoms with Crippen LogP contribution in [0.1, 0.15) is 51.0 Å². The van der Waals surface area contributed by atoms with Gasteiger partial charge in [0.1, 0.15) is 66.8 Å². The summed E-state index contributed by atoms with van der Waals surface area (Å²) in [5, 5.41) is 73.8. The van der Waals surface area contributed by atoms with Crippen molar-refractivity contribution in [1.29, 1.82) is 0 Å². The molecule has 30 heteroatoms. The Kier molecular flexibility index (Phi) is 12.5. The number of carbonyl (C=O) groups excluding carboxylic acids is 2. The van der Waals surface area contributed by atoms with E-state index in [1.165, 1.54) is 32.5 Å². The molecule has 1 aromatic carbocycles. The molecule has 0 aliphatic carbocycles. The van der Waals surface area contributed by atoms with E-state index in [0.717, 1.165) is 0 Å². The minimum Gasteiger partial charge on any atom is -0.459 e. The summed E-state index contributed by atoms with van der Waals surface area (Å²) in [4.78, 5) is 64.4. The maximum atomic E-state index is 13.0. The van der Waals surface area contributed by atoms with Crippen molar-refractivity contribution in [2.75, 3.05) is 42.2 Å². The van der Waals surface area contributed by atoms with Gasteiger partial charge >= 0.3 is 5.97 Å². The highest BCUT2D eigenvalue weighted by Crippen LogP contribution is 2.39. The molecule has 0 bridgehead atoms. The van der Waals surface area contributed by atoms with Crippen LogP contribution in [-0.4, -0.2) is 171 Å². The number of nitrogens with two attached hydrogens (primary N) is 3. The molecule has 3 saturated heterocycles. The van der Waals surface area contributed by atoms with Gasteiger partial charge in [0.2, 0.25) is 5.95 Å². The summed E-state index contributed by atoms with van der Waals surface area (Å²) >= 11 is 0. The van der Waals surface area contributed by atoms with E-state index in [-0.39, 0.29) is 68.1 Å². The van der Waals surface area contributed by atoms with Gasteiger partial charge in [0, 0.05) is 6.20 Å². The van der Waals surface area contributed by atoms with E-state index in [2.05, 4.69) is 51.1 Å². The molecule has 3 aliphatic rings. The number of ether oxygens (including phenoxy) is 4. The summed E-state index contributed by atoms with van der Waals surface area (Å²) < 4.78 is 27.4. The Labute approximate surface area is 397 Å². The molecule has 374 valence electrons. The predicted octanol–water partition coefficient (Wildman–Crippen LogP) is -2.61. The number of primary amides is 1. The van der Waals surface area contributed by atoms with Crippen LogP contribution in [0.4, 0.5) is 23.4 Å². The van der Waals surface area contributed by atoms with Crippen molar-refractivity contribution in [3.63, 3.8) is 0 Å². The van der Waals surface area contributed by atoms with Crippen molar-refractivity contribution in [2.45, 2.75) is 87.5 Å². The summed E-state index contributed by atoms with van der Waals surface area (Å²) in [6.07, 6.45) is -12.3. The monoisotopic (exact) mass is 986 g/mol. The van der Waals surface area contributed by atoms with E-state index in [0.29, 0.717) is 11.2 Å². The van der Waals surface area contributed by atoms with Gasteiger partial charge in [0.15, 0.2) is 59.5 Å². The molecule has 3 aliphatic heterocycles. The van der Waals surface area contributed by atoms with Crippen molar-refractivity contribution >= 4 is 68.4 Å².